The molecule has 1 heterocycles. The standard InChI is InChI=1S/C10H10O4/c1-2-13-10(12)6-5-8(11)9-4-3-7-14-9/h3-7H,2H2,1H3/b6-5-. The fourth-order valence-electron chi connectivity index (χ4n) is 0.835. The largest absolute Gasteiger partial charge is 0.463 e. The minimum Gasteiger partial charge on any atom is -0.463 e. The average Bonchev–Trinajstić information content (AvgIpc) is 2.67. The van der Waals surface area contributed by atoms with E-state index in [9.17, 15) is 9.59 Å². The van der Waals surface area contributed by atoms with E-state index in [2.05, 4.69) is 4.74 Å². The lowest BCUT2D eigenvalue weighted by Crippen LogP contribution is -2.01. The second-order valence-electron chi connectivity index (χ2n) is 2.43. The summed E-state index contributed by atoms with van der Waals surface area (Å²) in [5.74, 6) is -0.694. The lowest BCUT2D eigenvalue weighted by Gasteiger charge is -1.93. The SMILES string of the molecule is CCOC(=O)/C=C\C(=O)c1ccco1. The topological polar surface area (TPSA) is 56.5 Å². The molecular weight excluding hydrogens is 184 g/mol. The molecule has 1 aromatic heterocycles. The van der Waals surface area contributed by atoms with Crippen LogP contribution in [-0.2, 0) is 9.53 Å². The Morgan fingerprint density at radius 3 is 2.86 bits per heavy atom. The van der Waals surface area contributed by atoms with E-state index in [0.717, 1.165) is 12.2 Å². The molecule has 0 amide bonds. The van der Waals surface area contributed by atoms with Crippen LogP contribution >= 0.6 is 0 Å². The third kappa shape index (κ3) is 2.90. The highest BCUT2D eigenvalue weighted by Gasteiger charge is 2.04. The van der Waals surface area contributed by atoms with Crippen molar-refractivity contribution >= 4 is 11.8 Å². The van der Waals surface area contributed by atoms with Gasteiger partial charge in [-0.1, -0.05) is 0 Å². The maximum absolute atomic E-state index is 11.2. The molecule has 0 aliphatic carbocycles. The highest BCUT2D eigenvalue weighted by atomic mass is 16.5. The van der Waals surface area contributed by atoms with Crippen molar-refractivity contribution in [1.82, 2.24) is 0 Å². The molecule has 0 aromatic carbocycles. The van der Waals surface area contributed by atoms with Crippen LogP contribution in [0, 0.1) is 0 Å². The Bertz CT molecular complexity index is 335. The molecule has 0 radical (unpaired) electrons. The molecule has 0 bridgehead atoms. The summed E-state index contributed by atoms with van der Waals surface area (Å²) < 4.78 is 9.44. The molecule has 0 fully saturated rings. The molecule has 4 heteroatoms. The Hall–Kier alpha value is -1.84. The van der Waals surface area contributed by atoms with Gasteiger partial charge in [0.1, 0.15) is 0 Å². The first-order valence-electron chi connectivity index (χ1n) is 4.16. The van der Waals surface area contributed by atoms with Gasteiger partial charge in [0.2, 0.25) is 5.78 Å². The van der Waals surface area contributed by atoms with E-state index in [4.69, 9.17) is 4.42 Å². The molecule has 0 N–H and O–H groups in total. The van der Waals surface area contributed by atoms with Crippen molar-refractivity contribution in [3.63, 3.8) is 0 Å². The number of ketones is 1. The van der Waals surface area contributed by atoms with Gasteiger partial charge in [-0.3, -0.25) is 4.79 Å². The number of furan rings is 1. The van der Waals surface area contributed by atoms with Crippen LogP contribution in [0.1, 0.15) is 17.5 Å². The van der Waals surface area contributed by atoms with Crippen molar-refractivity contribution < 1.29 is 18.7 Å². The number of allylic oxidation sites excluding steroid dienone is 1. The van der Waals surface area contributed by atoms with Gasteiger partial charge in [-0.15, -0.1) is 0 Å². The minimum atomic E-state index is -0.535. The first-order chi connectivity index (χ1) is 6.74. The van der Waals surface area contributed by atoms with Crippen molar-refractivity contribution in [3.05, 3.63) is 36.3 Å². The number of hydrogen-bond acceptors (Lipinski definition) is 4. The Morgan fingerprint density at radius 1 is 1.50 bits per heavy atom. The van der Waals surface area contributed by atoms with Crippen LogP contribution in [0.15, 0.2) is 35.0 Å². The lowest BCUT2D eigenvalue weighted by molar-refractivity contribution is -0.137. The van der Waals surface area contributed by atoms with E-state index in [1.165, 1.54) is 12.3 Å². The van der Waals surface area contributed by atoms with Gasteiger partial charge in [0.25, 0.3) is 0 Å². The molecular formula is C10H10O4. The van der Waals surface area contributed by atoms with Crippen molar-refractivity contribution in [2.45, 2.75) is 6.92 Å². The number of hydrogen-bond donors (Lipinski definition) is 0. The molecule has 0 spiro atoms. The minimum absolute atomic E-state index is 0.200. The fraction of sp³-hybridized carbons (Fsp3) is 0.200. The van der Waals surface area contributed by atoms with Crippen molar-refractivity contribution in [2.24, 2.45) is 0 Å². The summed E-state index contributed by atoms with van der Waals surface area (Å²) in [6, 6.07) is 3.13. The second-order valence-corrected chi connectivity index (χ2v) is 2.43. The predicted molar refractivity (Wildman–Crippen MR) is 48.8 cm³/mol. The van der Waals surface area contributed by atoms with Gasteiger partial charge in [0.05, 0.1) is 12.9 Å². The van der Waals surface area contributed by atoms with Crippen molar-refractivity contribution in [3.8, 4) is 0 Å². The second kappa shape index (κ2) is 5.01. The van der Waals surface area contributed by atoms with Gasteiger partial charge < -0.3 is 9.15 Å². The van der Waals surface area contributed by atoms with Crippen LogP contribution in [0.25, 0.3) is 0 Å². The van der Waals surface area contributed by atoms with E-state index in [-0.39, 0.29) is 18.2 Å². The summed E-state index contributed by atoms with van der Waals surface area (Å²) in [4.78, 5) is 22.1. The Morgan fingerprint density at radius 2 is 2.29 bits per heavy atom. The summed E-state index contributed by atoms with van der Waals surface area (Å²) in [5, 5.41) is 0. The number of carbonyl (C=O) groups excluding carboxylic acids is 2. The molecule has 1 rings (SSSR count). The van der Waals surface area contributed by atoms with Gasteiger partial charge in [0, 0.05) is 6.08 Å². The van der Waals surface area contributed by atoms with E-state index in [0.29, 0.717) is 0 Å². The highest BCUT2D eigenvalue weighted by molar-refractivity contribution is 6.05. The Balaban J connectivity index is 2.53. The van der Waals surface area contributed by atoms with Crippen LogP contribution < -0.4 is 0 Å². The summed E-state index contributed by atoms with van der Waals surface area (Å²) in [6.45, 7) is 1.98. The summed E-state index contributed by atoms with van der Waals surface area (Å²) in [5.41, 5.74) is 0. The maximum Gasteiger partial charge on any atom is 0.330 e. The van der Waals surface area contributed by atoms with Gasteiger partial charge in [0.15, 0.2) is 5.76 Å². The zero-order valence-corrected chi connectivity index (χ0v) is 7.73. The van der Waals surface area contributed by atoms with Crippen LogP contribution in [-0.4, -0.2) is 18.4 Å². The molecule has 1 aromatic rings. The van der Waals surface area contributed by atoms with E-state index < -0.39 is 5.97 Å². The zero-order chi connectivity index (χ0) is 10.4. The van der Waals surface area contributed by atoms with Crippen LogP contribution in [0.2, 0.25) is 0 Å². The van der Waals surface area contributed by atoms with E-state index in [1.807, 2.05) is 0 Å². The lowest BCUT2D eigenvalue weighted by atomic mass is 10.3. The molecule has 0 saturated heterocycles. The monoisotopic (exact) mass is 194 g/mol. The molecule has 4 nitrogen and oxygen atoms in total. The highest BCUT2D eigenvalue weighted by Crippen LogP contribution is 2.01. The number of ether oxygens (including phenoxy) is 1. The Labute approximate surface area is 81.2 Å². The normalized spacial score (nSPS) is 10.4. The third-order valence-electron chi connectivity index (χ3n) is 1.42. The zero-order valence-electron chi connectivity index (χ0n) is 7.73. The van der Waals surface area contributed by atoms with Crippen LogP contribution in [0.3, 0.4) is 0 Å². The van der Waals surface area contributed by atoms with Crippen molar-refractivity contribution in [1.29, 1.82) is 0 Å². The molecule has 0 saturated carbocycles. The van der Waals surface area contributed by atoms with E-state index in [1.54, 1.807) is 13.0 Å². The van der Waals surface area contributed by atoms with Crippen LogP contribution in [0.4, 0.5) is 0 Å². The number of rotatable bonds is 4. The fourth-order valence-corrected chi connectivity index (χ4v) is 0.835. The number of carbonyl (C=O) groups is 2. The molecule has 14 heavy (non-hydrogen) atoms. The molecule has 0 aliphatic rings. The molecule has 74 valence electrons. The van der Waals surface area contributed by atoms with Gasteiger partial charge in [-0.2, -0.15) is 0 Å². The molecule has 0 atom stereocenters. The summed E-state index contributed by atoms with van der Waals surface area (Å²) >= 11 is 0. The summed E-state index contributed by atoms with van der Waals surface area (Å²) in [7, 11) is 0. The van der Waals surface area contributed by atoms with Crippen molar-refractivity contribution in [2.75, 3.05) is 6.61 Å². The quantitative estimate of drug-likeness (QED) is 0.415. The number of esters is 1. The predicted octanol–water partition coefficient (Wildman–Crippen LogP) is 1.58. The third-order valence-corrected chi connectivity index (χ3v) is 1.42. The molecule has 0 unspecified atom stereocenters. The first-order valence-corrected chi connectivity index (χ1v) is 4.16. The first kappa shape index (κ1) is 10.2. The average molecular weight is 194 g/mol. The summed E-state index contributed by atoms with van der Waals surface area (Å²) in [6.07, 6.45) is 3.59. The van der Waals surface area contributed by atoms with Gasteiger partial charge in [-0.25, -0.2) is 4.79 Å². The smallest absolute Gasteiger partial charge is 0.330 e. The van der Waals surface area contributed by atoms with Crippen LogP contribution in [0.5, 0.6) is 0 Å². The van der Waals surface area contributed by atoms with Gasteiger partial charge >= 0.3 is 5.97 Å². The van der Waals surface area contributed by atoms with Gasteiger partial charge in [-0.05, 0) is 25.1 Å². The van der Waals surface area contributed by atoms with E-state index >= 15 is 0 Å². The molecule has 0 aliphatic heterocycles. The Kier molecular flexibility index (Phi) is 3.67. The maximum atomic E-state index is 11.2.